The molecule has 1 aromatic rings. The average Bonchev–Trinajstić information content (AvgIpc) is 3.29. The van der Waals surface area contributed by atoms with Gasteiger partial charge >= 0.3 is 18.4 Å². The molecule has 34 heavy (non-hydrogen) atoms. The first kappa shape index (κ1) is 24.9. The van der Waals surface area contributed by atoms with Gasteiger partial charge in [-0.3, -0.25) is 4.90 Å². The van der Waals surface area contributed by atoms with Crippen molar-refractivity contribution < 1.29 is 40.6 Å². The summed E-state index contributed by atoms with van der Waals surface area (Å²) >= 11 is 0. The van der Waals surface area contributed by atoms with Gasteiger partial charge in [-0.1, -0.05) is 18.2 Å². The highest BCUT2D eigenvalue weighted by molar-refractivity contribution is 5.68. The summed E-state index contributed by atoms with van der Waals surface area (Å²) in [6.45, 7) is 7.03. The lowest BCUT2D eigenvalue weighted by molar-refractivity contribution is -0.308. The second-order valence-corrected chi connectivity index (χ2v) is 9.15. The third-order valence-electron chi connectivity index (χ3n) is 6.68. The zero-order chi connectivity index (χ0) is 24.7. The molecule has 0 N–H and O–H groups in total. The number of carbonyl (C=O) groups is 1. The van der Waals surface area contributed by atoms with Crippen LogP contribution in [0.15, 0.2) is 18.2 Å². The fourth-order valence-corrected chi connectivity index (χ4v) is 5.19. The molecule has 4 rings (SSSR count). The number of rotatable bonds is 4. The average molecular weight is 495 g/mol. The van der Waals surface area contributed by atoms with E-state index in [1.165, 1.54) is 5.69 Å². The minimum Gasteiger partial charge on any atom is -0.426 e. The van der Waals surface area contributed by atoms with Crippen LogP contribution in [0.3, 0.4) is 0 Å². The van der Waals surface area contributed by atoms with Gasteiger partial charge in [0.15, 0.2) is 0 Å². The van der Waals surface area contributed by atoms with Crippen molar-refractivity contribution in [2.24, 2.45) is 11.8 Å². The van der Waals surface area contributed by atoms with Crippen LogP contribution >= 0.6 is 0 Å². The van der Waals surface area contributed by atoms with Gasteiger partial charge in [0.25, 0.3) is 6.10 Å². The van der Waals surface area contributed by atoms with E-state index in [1.54, 1.807) is 0 Å². The summed E-state index contributed by atoms with van der Waals surface area (Å²) in [6, 6.07) is 6.14. The number of carbonyl (C=O) groups excluding carboxylic acids is 1. The van der Waals surface area contributed by atoms with E-state index in [0.717, 1.165) is 29.1 Å². The van der Waals surface area contributed by atoms with Crippen molar-refractivity contribution in [3.8, 4) is 0 Å². The smallest absolute Gasteiger partial charge is 0.426 e. The van der Waals surface area contributed by atoms with Gasteiger partial charge in [-0.25, -0.2) is 4.79 Å². The largest absolute Gasteiger partial charge is 0.434 e. The van der Waals surface area contributed by atoms with Crippen LogP contribution < -0.4 is 4.90 Å². The number of hydrogen-bond donors (Lipinski definition) is 0. The van der Waals surface area contributed by atoms with E-state index in [-0.39, 0.29) is 24.9 Å². The summed E-state index contributed by atoms with van der Waals surface area (Å²) in [7, 11) is 0. The summed E-state index contributed by atoms with van der Waals surface area (Å²) in [6.07, 6.45) is -17.1. The molecule has 6 nitrogen and oxygen atoms in total. The van der Waals surface area contributed by atoms with E-state index >= 15 is 0 Å². The van der Waals surface area contributed by atoms with Gasteiger partial charge in [-0.05, 0) is 29.9 Å². The normalized spacial score (nSPS) is 24.1. The SMILES string of the molecule is Cc1cccc(CN2CC3CN(C(=O)OC(C(F)(F)F)C(F)(F)F)CC3C2)c1N1CCOCC1. The molecule has 1 aromatic carbocycles. The number of hydrogen-bond acceptors (Lipinski definition) is 5. The van der Waals surface area contributed by atoms with Crippen molar-refractivity contribution in [1.82, 2.24) is 9.80 Å². The lowest BCUT2D eigenvalue weighted by atomic mass is 10.0. The molecule has 0 spiro atoms. The van der Waals surface area contributed by atoms with Crippen molar-refractivity contribution in [3.63, 3.8) is 0 Å². The summed E-state index contributed by atoms with van der Waals surface area (Å²) in [5.74, 6) is -0.0566. The van der Waals surface area contributed by atoms with E-state index in [1.807, 2.05) is 6.07 Å². The fraction of sp³-hybridized carbons (Fsp3) is 0.682. The Kier molecular flexibility index (Phi) is 6.92. The number of anilines is 1. The van der Waals surface area contributed by atoms with E-state index < -0.39 is 24.5 Å². The molecule has 0 radical (unpaired) electrons. The molecule has 3 heterocycles. The number of halogens is 6. The quantitative estimate of drug-likeness (QED) is 0.595. The number of nitrogens with zero attached hydrogens (tertiary/aromatic N) is 3. The summed E-state index contributed by atoms with van der Waals surface area (Å²) in [4.78, 5) is 17.6. The monoisotopic (exact) mass is 495 g/mol. The van der Waals surface area contributed by atoms with Gasteiger partial charge in [0.1, 0.15) is 0 Å². The van der Waals surface area contributed by atoms with Crippen LogP contribution in [0.5, 0.6) is 0 Å². The van der Waals surface area contributed by atoms with Gasteiger partial charge in [0.2, 0.25) is 0 Å². The molecule has 3 aliphatic rings. The minimum absolute atomic E-state index is 0.0283. The number of para-hydroxylation sites is 1. The Hall–Kier alpha value is -2.21. The van der Waals surface area contributed by atoms with Gasteiger partial charge in [-0.2, -0.15) is 26.3 Å². The fourth-order valence-electron chi connectivity index (χ4n) is 5.19. The Morgan fingerprint density at radius 3 is 2.18 bits per heavy atom. The molecule has 190 valence electrons. The summed E-state index contributed by atoms with van der Waals surface area (Å²) < 4.78 is 85.6. The molecule has 0 aromatic heterocycles. The molecule has 0 bridgehead atoms. The zero-order valence-corrected chi connectivity index (χ0v) is 18.7. The van der Waals surface area contributed by atoms with Crippen LogP contribution in [-0.2, 0) is 16.0 Å². The van der Waals surface area contributed by atoms with Crippen LogP contribution in [-0.4, -0.2) is 86.8 Å². The minimum atomic E-state index is -5.72. The number of fused-ring (bicyclic) bond motifs is 1. The highest BCUT2D eigenvalue weighted by Crippen LogP contribution is 2.38. The van der Waals surface area contributed by atoms with E-state index in [9.17, 15) is 31.1 Å². The lowest BCUT2D eigenvalue weighted by Gasteiger charge is -2.33. The Bertz CT molecular complexity index is 860. The Morgan fingerprint density at radius 2 is 1.62 bits per heavy atom. The number of benzene rings is 1. The van der Waals surface area contributed by atoms with Crippen LogP contribution in [0.1, 0.15) is 11.1 Å². The van der Waals surface area contributed by atoms with Crippen LogP contribution in [0.2, 0.25) is 0 Å². The van der Waals surface area contributed by atoms with Crippen molar-refractivity contribution in [2.75, 3.05) is 57.4 Å². The second kappa shape index (κ2) is 9.44. The molecule has 12 heteroatoms. The number of likely N-dealkylation sites (tertiary alicyclic amines) is 2. The number of alkyl halides is 6. The summed E-state index contributed by atoms with van der Waals surface area (Å²) in [5.41, 5.74) is 3.51. The third kappa shape index (κ3) is 5.37. The third-order valence-corrected chi connectivity index (χ3v) is 6.68. The maximum absolute atomic E-state index is 12.7. The number of ether oxygens (including phenoxy) is 2. The van der Waals surface area contributed by atoms with Crippen molar-refractivity contribution in [1.29, 1.82) is 0 Å². The Morgan fingerprint density at radius 1 is 1.03 bits per heavy atom. The molecule has 3 fully saturated rings. The Balaban J connectivity index is 1.36. The molecule has 0 aliphatic carbocycles. The Labute approximate surface area is 193 Å². The maximum atomic E-state index is 12.7. The van der Waals surface area contributed by atoms with Gasteiger partial charge in [0.05, 0.1) is 13.2 Å². The first-order valence-electron chi connectivity index (χ1n) is 11.2. The lowest BCUT2D eigenvalue weighted by Crippen LogP contribution is -2.48. The van der Waals surface area contributed by atoms with E-state index in [2.05, 4.69) is 33.6 Å². The van der Waals surface area contributed by atoms with E-state index in [4.69, 9.17) is 4.74 Å². The number of amides is 1. The molecular weight excluding hydrogens is 468 g/mol. The number of aryl methyl sites for hydroxylation is 1. The van der Waals surface area contributed by atoms with Gasteiger partial charge in [-0.15, -0.1) is 0 Å². The van der Waals surface area contributed by atoms with Gasteiger partial charge < -0.3 is 19.3 Å². The predicted octanol–water partition coefficient (Wildman–Crippen LogP) is 3.83. The second-order valence-electron chi connectivity index (χ2n) is 9.15. The molecule has 3 saturated heterocycles. The van der Waals surface area contributed by atoms with Crippen molar-refractivity contribution in [2.45, 2.75) is 31.9 Å². The highest BCUT2D eigenvalue weighted by atomic mass is 19.4. The van der Waals surface area contributed by atoms with E-state index in [0.29, 0.717) is 32.8 Å². The molecular formula is C22H27F6N3O3. The first-order chi connectivity index (χ1) is 15.9. The van der Waals surface area contributed by atoms with Crippen molar-refractivity contribution >= 4 is 11.8 Å². The van der Waals surface area contributed by atoms with Crippen LogP contribution in [0.4, 0.5) is 36.8 Å². The van der Waals surface area contributed by atoms with Crippen molar-refractivity contribution in [3.05, 3.63) is 29.3 Å². The number of morpholine rings is 1. The molecule has 1 amide bonds. The highest BCUT2D eigenvalue weighted by Gasteiger charge is 2.60. The molecule has 2 unspecified atom stereocenters. The predicted molar refractivity (Wildman–Crippen MR) is 110 cm³/mol. The molecule has 0 saturated carbocycles. The molecule has 3 aliphatic heterocycles. The maximum Gasteiger partial charge on any atom is 0.434 e. The summed E-state index contributed by atoms with van der Waals surface area (Å²) in [5, 5.41) is 0. The van der Waals surface area contributed by atoms with Crippen LogP contribution in [0, 0.1) is 18.8 Å². The van der Waals surface area contributed by atoms with Gasteiger partial charge in [0, 0.05) is 51.5 Å². The molecule has 2 atom stereocenters. The first-order valence-corrected chi connectivity index (χ1v) is 11.2. The topological polar surface area (TPSA) is 45.2 Å². The zero-order valence-electron chi connectivity index (χ0n) is 18.7. The van der Waals surface area contributed by atoms with Crippen LogP contribution in [0.25, 0.3) is 0 Å². The standard InChI is InChI=1S/C22H27F6N3O3/c1-14-3-2-4-15(18(14)30-5-7-33-8-6-30)9-29-10-16-12-31(13-17(16)11-29)20(32)34-19(21(23,24)25)22(26,27)28/h2-4,16-17,19H,5-13H2,1H3.